The van der Waals surface area contributed by atoms with E-state index >= 15 is 0 Å². The minimum Gasteiger partial charge on any atom is -0.507 e. The van der Waals surface area contributed by atoms with Crippen molar-refractivity contribution in [3.05, 3.63) is 101 Å². The van der Waals surface area contributed by atoms with E-state index < -0.39 is 0 Å². The lowest BCUT2D eigenvalue weighted by Crippen LogP contribution is -2.10. The molecule has 0 atom stereocenters. The van der Waals surface area contributed by atoms with Crippen LogP contribution in [0.15, 0.2) is 79.0 Å². The normalized spacial score (nSPS) is 12.1. The zero-order valence-electron chi connectivity index (χ0n) is 24.8. The van der Waals surface area contributed by atoms with E-state index in [0.29, 0.717) is 5.92 Å². The molecule has 3 nitrogen and oxygen atoms in total. The van der Waals surface area contributed by atoms with Gasteiger partial charge in [0.25, 0.3) is 0 Å². The van der Waals surface area contributed by atoms with Gasteiger partial charge < -0.3 is 5.11 Å². The number of phenolic OH excluding ortho intramolecular Hbond substituents is 1. The van der Waals surface area contributed by atoms with Crippen molar-refractivity contribution >= 4 is 32.5 Å². The van der Waals surface area contributed by atoms with Crippen LogP contribution in [0, 0.1) is 13.8 Å². The number of phenols is 1. The van der Waals surface area contributed by atoms with Crippen molar-refractivity contribution in [1.82, 2.24) is 9.97 Å². The molecule has 206 valence electrons. The summed E-state index contributed by atoms with van der Waals surface area (Å²) in [6.07, 6.45) is 1.90. The van der Waals surface area contributed by atoms with E-state index in [-0.39, 0.29) is 11.2 Å². The van der Waals surface area contributed by atoms with E-state index in [1.54, 1.807) is 17.4 Å². The summed E-state index contributed by atoms with van der Waals surface area (Å²) >= 11 is 1.65. The van der Waals surface area contributed by atoms with Crippen molar-refractivity contribution in [1.29, 1.82) is 0 Å². The Balaban J connectivity index is 1.57. The van der Waals surface area contributed by atoms with Crippen molar-refractivity contribution in [3.63, 3.8) is 0 Å². The summed E-state index contributed by atoms with van der Waals surface area (Å²) in [4.78, 5) is 9.96. The molecular formula is C37H36N2OS. The number of pyridine rings is 1. The van der Waals surface area contributed by atoms with Crippen LogP contribution in [0.2, 0.25) is 0 Å². The lowest BCUT2D eigenvalue weighted by molar-refractivity contribution is 0.476. The first kappa shape index (κ1) is 27.2. The van der Waals surface area contributed by atoms with E-state index in [0.717, 1.165) is 48.6 Å². The van der Waals surface area contributed by atoms with Gasteiger partial charge >= 0.3 is 0 Å². The molecule has 0 saturated heterocycles. The average Bonchev–Trinajstić information content (AvgIpc) is 3.36. The predicted octanol–water partition coefficient (Wildman–Crippen LogP) is 10.6. The van der Waals surface area contributed by atoms with Crippen molar-refractivity contribution in [2.45, 2.75) is 59.8 Å². The Hall–Kier alpha value is -4.02. The maximum absolute atomic E-state index is 10.9. The number of thiazole rings is 1. The smallest absolute Gasteiger partial charge is 0.128 e. The molecular weight excluding hydrogens is 520 g/mol. The number of para-hydroxylation sites is 1. The fourth-order valence-electron chi connectivity index (χ4n) is 5.53. The number of fused-ring (bicyclic) bond motifs is 2. The first-order valence-corrected chi connectivity index (χ1v) is 15.1. The average molecular weight is 557 g/mol. The molecule has 1 N–H and O–H groups in total. The standard InChI is InChI=1S/C37H36N2OS/c1-21(2)24-18-30(35-33(19-24)41-36(39-35)31-20-27(37(5,6)7)11-12-32(31)40)26-16-22(3)15-25(17-26)29-10-8-9-28-23(4)13-14-38-34(28)29/h8-21,40H,1-7H3. The Kier molecular flexibility index (Phi) is 6.70. The zero-order valence-corrected chi connectivity index (χ0v) is 25.6. The summed E-state index contributed by atoms with van der Waals surface area (Å²) in [6.45, 7) is 15.3. The van der Waals surface area contributed by atoms with Gasteiger partial charge in [0.1, 0.15) is 10.8 Å². The number of hydrogen-bond acceptors (Lipinski definition) is 4. The van der Waals surface area contributed by atoms with Gasteiger partial charge in [-0.25, -0.2) is 4.98 Å². The van der Waals surface area contributed by atoms with Crippen LogP contribution in [0.5, 0.6) is 5.75 Å². The van der Waals surface area contributed by atoms with Gasteiger partial charge in [0.2, 0.25) is 0 Å². The van der Waals surface area contributed by atoms with Crippen LogP contribution in [-0.2, 0) is 5.41 Å². The molecule has 0 aliphatic carbocycles. The number of aryl methyl sites for hydroxylation is 2. The summed E-state index contributed by atoms with van der Waals surface area (Å²) in [6, 6.07) is 25.7. The molecule has 2 aromatic heterocycles. The van der Waals surface area contributed by atoms with Crippen LogP contribution in [-0.4, -0.2) is 15.1 Å². The molecule has 0 aliphatic rings. The van der Waals surface area contributed by atoms with Crippen molar-refractivity contribution in [3.8, 4) is 38.6 Å². The van der Waals surface area contributed by atoms with Gasteiger partial charge in [0.05, 0.1) is 21.3 Å². The molecule has 0 amide bonds. The first-order chi connectivity index (χ1) is 19.5. The van der Waals surface area contributed by atoms with Crippen LogP contribution in [0.25, 0.3) is 53.9 Å². The molecule has 0 radical (unpaired) electrons. The van der Waals surface area contributed by atoms with Crippen LogP contribution in [0.3, 0.4) is 0 Å². The third-order valence-corrected chi connectivity index (χ3v) is 9.00. The fraction of sp³-hybridized carbons (Fsp3) is 0.243. The maximum Gasteiger partial charge on any atom is 0.128 e. The number of rotatable bonds is 4. The van der Waals surface area contributed by atoms with E-state index in [1.165, 1.54) is 27.6 Å². The third kappa shape index (κ3) is 5.02. The summed E-state index contributed by atoms with van der Waals surface area (Å²) < 4.78 is 1.13. The highest BCUT2D eigenvalue weighted by Crippen LogP contribution is 2.43. The maximum atomic E-state index is 10.9. The van der Waals surface area contributed by atoms with Gasteiger partial charge in [-0.05, 0) is 95.0 Å². The molecule has 4 heteroatoms. The van der Waals surface area contributed by atoms with Crippen LogP contribution >= 0.6 is 11.3 Å². The Labute approximate surface area is 246 Å². The minimum atomic E-state index is -0.0257. The molecule has 0 unspecified atom stereocenters. The molecule has 0 spiro atoms. The highest BCUT2D eigenvalue weighted by Gasteiger charge is 2.20. The Morgan fingerprint density at radius 2 is 1.54 bits per heavy atom. The van der Waals surface area contributed by atoms with Gasteiger partial charge in [-0.1, -0.05) is 71.0 Å². The van der Waals surface area contributed by atoms with E-state index in [9.17, 15) is 5.11 Å². The van der Waals surface area contributed by atoms with E-state index in [1.807, 2.05) is 12.3 Å². The van der Waals surface area contributed by atoms with Gasteiger partial charge in [-0.3, -0.25) is 4.98 Å². The van der Waals surface area contributed by atoms with Crippen LogP contribution < -0.4 is 0 Å². The molecule has 6 aromatic rings. The zero-order chi connectivity index (χ0) is 29.1. The number of benzene rings is 4. The minimum absolute atomic E-state index is 0.0257. The van der Waals surface area contributed by atoms with Crippen LogP contribution in [0.1, 0.15) is 62.8 Å². The molecule has 4 aromatic carbocycles. The largest absolute Gasteiger partial charge is 0.507 e. The summed E-state index contributed by atoms with van der Waals surface area (Å²) in [5.74, 6) is 0.634. The Morgan fingerprint density at radius 1 is 0.780 bits per heavy atom. The second-order valence-electron chi connectivity index (χ2n) is 12.5. The molecule has 6 rings (SSSR count). The second-order valence-corrected chi connectivity index (χ2v) is 13.5. The number of hydrogen-bond donors (Lipinski definition) is 1. The first-order valence-electron chi connectivity index (χ1n) is 14.2. The topological polar surface area (TPSA) is 46.0 Å². The van der Waals surface area contributed by atoms with Crippen LogP contribution in [0.4, 0.5) is 0 Å². The summed E-state index contributed by atoms with van der Waals surface area (Å²) in [7, 11) is 0. The lowest BCUT2D eigenvalue weighted by atomic mass is 9.86. The number of nitrogens with zero attached hydrogens (tertiary/aromatic N) is 2. The summed E-state index contributed by atoms with van der Waals surface area (Å²) in [5.41, 5.74) is 12.2. The molecule has 0 fully saturated rings. The quantitative estimate of drug-likeness (QED) is 0.235. The van der Waals surface area contributed by atoms with Gasteiger partial charge in [-0.15, -0.1) is 11.3 Å². The molecule has 0 saturated carbocycles. The fourth-order valence-corrected chi connectivity index (χ4v) is 6.60. The Morgan fingerprint density at radius 3 is 2.27 bits per heavy atom. The highest BCUT2D eigenvalue weighted by molar-refractivity contribution is 7.21. The molecule has 0 aliphatic heterocycles. The van der Waals surface area contributed by atoms with Crippen molar-refractivity contribution in [2.24, 2.45) is 0 Å². The Bertz CT molecular complexity index is 1940. The molecule has 2 heterocycles. The number of aromatic nitrogens is 2. The van der Waals surface area contributed by atoms with Gasteiger partial charge in [0, 0.05) is 22.7 Å². The summed E-state index contributed by atoms with van der Waals surface area (Å²) in [5, 5.41) is 12.9. The highest BCUT2D eigenvalue weighted by atomic mass is 32.1. The predicted molar refractivity (Wildman–Crippen MR) is 175 cm³/mol. The number of aromatic hydroxyl groups is 1. The van der Waals surface area contributed by atoms with Crippen molar-refractivity contribution < 1.29 is 5.11 Å². The van der Waals surface area contributed by atoms with Gasteiger partial charge in [-0.2, -0.15) is 0 Å². The second kappa shape index (κ2) is 10.1. The van der Waals surface area contributed by atoms with Gasteiger partial charge in [0.15, 0.2) is 0 Å². The SMILES string of the molecule is Cc1cc(-c2cc(C(C)C)cc3sc(-c4cc(C(C)(C)C)ccc4O)nc23)cc(-c2cccc3c(C)ccnc23)c1. The lowest BCUT2D eigenvalue weighted by Gasteiger charge is -2.19. The van der Waals surface area contributed by atoms with E-state index in [2.05, 4.69) is 109 Å². The third-order valence-electron chi connectivity index (χ3n) is 7.97. The monoisotopic (exact) mass is 556 g/mol. The van der Waals surface area contributed by atoms with E-state index in [4.69, 9.17) is 9.97 Å². The molecule has 0 bridgehead atoms. The van der Waals surface area contributed by atoms with Crippen molar-refractivity contribution in [2.75, 3.05) is 0 Å². The molecule has 41 heavy (non-hydrogen) atoms.